The molecule has 1 amide bonds. The first-order chi connectivity index (χ1) is 9.47. The molecule has 0 aliphatic heterocycles. The third-order valence-corrected chi connectivity index (χ3v) is 3.02. The predicted molar refractivity (Wildman–Crippen MR) is 82.2 cm³/mol. The van der Waals surface area contributed by atoms with E-state index in [0.29, 0.717) is 30.2 Å². The van der Waals surface area contributed by atoms with Crippen LogP contribution in [0.5, 0.6) is 5.75 Å². The minimum absolute atomic E-state index is 0.0923. The van der Waals surface area contributed by atoms with E-state index in [1.807, 2.05) is 21.0 Å². The quantitative estimate of drug-likeness (QED) is 0.772. The minimum Gasteiger partial charge on any atom is -0.493 e. The van der Waals surface area contributed by atoms with Gasteiger partial charge >= 0.3 is 0 Å². The minimum atomic E-state index is -0.0923. The molecule has 1 rings (SSSR count). The van der Waals surface area contributed by atoms with Gasteiger partial charge in [-0.3, -0.25) is 4.79 Å². The van der Waals surface area contributed by atoms with Crippen LogP contribution in [0.15, 0.2) is 18.2 Å². The average Bonchev–Trinajstić information content (AvgIpc) is 2.38. The van der Waals surface area contributed by atoms with E-state index in [-0.39, 0.29) is 5.91 Å². The first-order valence-electron chi connectivity index (χ1n) is 6.88. The lowest BCUT2D eigenvalue weighted by molar-refractivity contribution is 0.0787. The summed E-state index contributed by atoms with van der Waals surface area (Å²) in [5, 5.41) is 0. The van der Waals surface area contributed by atoms with Crippen LogP contribution in [0.3, 0.4) is 0 Å². The Balaban J connectivity index is 2.80. The summed E-state index contributed by atoms with van der Waals surface area (Å²) in [6, 6.07) is 5.30. The third kappa shape index (κ3) is 4.42. The second-order valence-corrected chi connectivity index (χ2v) is 5.04. The Morgan fingerprint density at radius 3 is 2.55 bits per heavy atom. The van der Waals surface area contributed by atoms with Crippen LogP contribution < -0.4 is 10.5 Å². The number of anilines is 1. The maximum Gasteiger partial charge on any atom is 0.259 e. The van der Waals surface area contributed by atoms with Crippen LogP contribution in [-0.4, -0.2) is 56.5 Å². The molecule has 0 spiro atoms. The second-order valence-electron chi connectivity index (χ2n) is 5.04. The van der Waals surface area contributed by atoms with E-state index in [4.69, 9.17) is 10.5 Å². The van der Waals surface area contributed by atoms with Crippen LogP contribution >= 0.6 is 0 Å². The lowest BCUT2D eigenvalue weighted by atomic mass is 10.1. The Hall–Kier alpha value is -1.75. The zero-order valence-electron chi connectivity index (χ0n) is 12.8. The first kappa shape index (κ1) is 16.3. The van der Waals surface area contributed by atoms with Gasteiger partial charge in [0, 0.05) is 19.3 Å². The van der Waals surface area contributed by atoms with Gasteiger partial charge in [0.15, 0.2) is 0 Å². The van der Waals surface area contributed by atoms with Crippen molar-refractivity contribution in [3.63, 3.8) is 0 Å². The molecule has 0 fully saturated rings. The molecule has 2 N–H and O–H groups in total. The smallest absolute Gasteiger partial charge is 0.259 e. The van der Waals surface area contributed by atoms with Gasteiger partial charge in [0.2, 0.25) is 0 Å². The maximum absolute atomic E-state index is 12.5. The number of carbonyl (C=O) groups excluding carboxylic acids is 1. The van der Waals surface area contributed by atoms with E-state index in [1.165, 1.54) is 0 Å². The molecule has 0 bridgehead atoms. The highest BCUT2D eigenvalue weighted by Gasteiger charge is 2.19. The van der Waals surface area contributed by atoms with E-state index in [9.17, 15) is 4.79 Å². The predicted octanol–water partition coefficient (Wildman–Crippen LogP) is 1.69. The Morgan fingerprint density at radius 1 is 1.25 bits per heavy atom. The molecule has 5 heteroatoms. The third-order valence-electron chi connectivity index (χ3n) is 3.02. The number of carbonyl (C=O) groups is 1. The molecule has 0 heterocycles. The molecular formula is C15H25N3O2. The largest absolute Gasteiger partial charge is 0.493 e. The molecule has 0 unspecified atom stereocenters. The van der Waals surface area contributed by atoms with Crippen LogP contribution in [0.4, 0.5) is 5.69 Å². The van der Waals surface area contributed by atoms with Crippen molar-refractivity contribution in [3.8, 4) is 5.75 Å². The molecule has 0 radical (unpaired) electrons. The van der Waals surface area contributed by atoms with Crippen molar-refractivity contribution >= 4 is 11.6 Å². The average molecular weight is 279 g/mol. The van der Waals surface area contributed by atoms with Gasteiger partial charge in [0.25, 0.3) is 5.91 Å². The summed E-state index contributed by atoms with van der Waals surface area (Å²) in [6.45, 7) is 4.03. The van der Waals surface area contributed by atoms with Gasteiger partial charge in [0.1, 0.15) is 11.3 Å². The monoisotopic (exact) mass is 279 g/mol. The van der Waals surface area contributed by atoms with Crippen molar-refractivity contribution in [2.45, 2.75) is 13.3 Å². The van der Waals surface area contributed by atoms with Gasteiger partial charge in [-0.15, -0.1) is 0 Å². The van der Waals surface area contributed by atoms with Crippen molar-refractivity contribution in [3.05, 3.63) is 23.8 Å². The Bertz CT molecular complexity index is 447. The van der Waals surface area contributed by atoms with Gasteiger partial charge in [0.05, 0.1) is 6.61 Å². The Labute approximate surface area is 121 Å². The lowest BCUT2D eigenvalue weighted by Gasteiger charge is -2.21. The molecule has 0 aliphatic carbocycles. The standard InChI is InChI=1S/C15H25N3O2/c1-5-20-13-9-6-8-12(16)14(13)15(19)18(4)11-7-10-17(2)3/h6,8-9H,5,7,10-11,16H2,1-4H3. The molecule has 0 saturated carbocycles. The van der Waals surface area contributed by atoms with Gasteiger partial charge in [-0.25, -0.2) is 0 Å². The van der Waals surface area contributed by atoms with Crippen LogP contribution in [0, 0.1) is 0 Å². The first-order valence-corrected chi connectivity index (χ1v) is 6.88. The number of hydrogen-bond donors (Lipinski definition) is 1. The zero-order chi connectivity index (χ0) is 15.1. The summed E-state index contributed by atoms with van der Waals surface area (Å²) in [5.74, 6) is 0.460. The van der Waals surface area contributed by atoms with Crippen molar-refractivity contribution in [2.75, 3.05) is 46.6 Å². The number of amides is 1. The highest BCUT2D eigenvalue weighted by Crippen LogP contribution is 2.25. The molecule has 1 aromatic rings. The summed E-state index contributed by atoms with van der Waals surface area (Å²) in [4.78, 5) is 16.3. The van der Waals surface area contributed by atoms with E-state index >= 15 is 0 Å². The van der Waals surface area contributed by atoms with E-state index in [1.54, 1.807) is 30.1 Å². The van der Waals surface area contributed by atoms with E-state index in [2.05, 4.69) is 4.90 Å². The van der Waals surface area contributed by atoms with Gasteiger partial charge in [-0.1, -0.05) is 6.07 Å². The molecule has 1 aromatic carbocycles. The number of nitrogens with zero attached hydrogens (tertiary/aromatic N) is 2. The summed E-state index contributed by atoms with van der Waals surface area (Å²) < 4.78 is 5.50. The summed E-state index contributed by atoms with van der Waals surface area (Å²) in [6.07, 6.45) is 0.923. The second kappa shape index (κ2) is 7.75. The van der Waals surface area contributed by atoms with E-state index < -0.39 is 0 Å². The van der Waals surface area contributed by atoms with E-state index in [0.717, 1.165) is 13.0 Å². The fourth-order valence-corrected chi connectivity index (χ4v) is 1.97. The summed E-state index contributed by atoms with van der Waals surface area (Å²) in [5.41, 5.74) is 6.85. The van der Waals surface area contributed by atoms with Crippen LogP contribution in [0.1, 0.15) is 23.7 Å². The van der Waals surface area contributed by atoms with Crippen LogP contribution in [0.25, 0.3) is 0 Å². The van der Waals surface area contributed by atoms with Crippen LogP contribution in [-0.2, 0) is 0 Å². The number of hydrogen-bond acceptors (Lipinski definition) is 4. The summed E-state index contributed by atoms with van der Waals surface area (Å²) in [7, 11) is 5.83. The highest BCUT2D eigenvalue weighted by molar-refractivity contribution is 6.01. The molecule has 5 nitrogen and oxygen atoms in total. The molecule has 0 saturated heterocycles. The SMILES string of the molecule is CCOc1cccc(N)c1C(=O)N(C)CCCN(C)C. The molecule has 0 atom stereocenters. The van der Waals surface area contributed by atoms with Crippen molar-refractivity contribution in [2.24, 2.45) is 0 Å². The fraction of sp³-hybridized carbons (Fsp3) is 0.533. The van der Waals surface area contributed by atoms with Gasteiger partial charge in [-0.05, 0) is 46.1 Å². The highest BCUT2D eigenvalue weighted by atomic mass is 16.5. The van der Waals surface area contributed by atoms with Crippen molar-refractivity contribution < 1.29 is 9.53 Å². The molecule has 0 aliphatic rings. The van der Waals surface area contributed by atoms with Crippen LogP contribution in [0.2, 0.25) is 0 Å². The topological polar surface area (TPSA) is 58.8 Å². The Kier molecular flexibility index (Phi) is 6.31. The lowest BCUT2D eigenvalue weighted by Crippen LogP contribution is -2.30. The molecule has 20 heavy (non-hydrogen) atoms. The maximum atomic E-state index is 12.5. The van der Waals surface area contributed by atoms with Gasteiger partial charge < -0.3 is 20.3 Å². The number of nitrogens with two attached hydrogens (primary N) is 1. The zero-order valence-corrected chi connectivity index (χ0v) is 12.8. The summed E-state index contributed by atoms with van der Waals surface area (Å²) >= 11 is 0. The van der Waals surface area contributed by atoms with Gasteiger partial charge in [-0.2, -0.15) is 0 Å². The molecular weight excluding hydrogens is 254 g/mol. The normalized spacial score (nSPS) is 10.7. The van der Waals surface area contributed by atoms with Crippen molar-refractivity contribution in [1.29, 1.82) is 0 Å². The molecule has 0 aromatic heterocycles. The fourth-order valence-electron chi connectivity index (χ4n) is 1.97. The molecule has 112 valence electrons. The number of ether oxygens (including phenoxy) is 1. The Morgan fingerprint density at radius 2 is 1.95 bits per heavy atom. The van der Waals surface area contributed by atoms with Crippen molar-refractivity contribution in [1.82, 2.24) is 9.80 Å². The number of benzene rings is 1. The number of rotatable bonds is 7. The number of nitrogen functional groups attached to an aromatic ring is 1.